The van der Waals surface area contributed by atoms with E-state index in [9.17, 15) is 9.59 Å². The lowest BCUT2D eigenvalue weighted by molar-refractivity contribution is -0.114. The van der Waals surface area contributed by atoms with Gasteiger partial charge in [-0.3, -0.25) is 9.59 Å². The Kier molecular flexibility index (Phi) is 6.67. The summed E-state index contributed by atoms with van der Waals surface area (Å²) < 4.78 is 7.60. The van der Waals surface area contributed by atoms with Crippen LogP contribution in [0.15, 0.2) is 54.7 Å². The fraction of sp³-hybridized carbons (Fsp3) is 0.360. The number of aromatic nitrogens is 1. The molecule has 0 atom stereocenters. The summed E-state index contributed by atoms with van der Waals surface area (Å²) in [5.41, 5.74) is 3.98. The Morgan fingerprint density at radius 1 is 1.00 bits per heavy atom. The number of morpholine rings is 1. The standard InChI is InChI=1S/C25H29N3O3/c1-19(29)26-21-11-9-20(10-12-21)6-4-5-13-28-18-23(22-7-2-3-8-24(22)28)25(30)27-14-16-31-17-15-27/h2-3,7-12,18H,4-6,13-17H2,1H3,(H,26,29). The molecule has 0 unspecified atom stereocenters. The van der Waals surface area contributed by atoms with Crippen molar-refractivity contribution in [2.45, 2.75) is 32.7 Å². The molecule has 1 aliphatic rings. The number of fused-ring (bicyclic) bond motifs is 1. The maximum absolute atomic E-state index is 13.1. The van der Waals surface area contributed by atoms with E-state index in [1.807, 2.05) is 41.4 Å². The maximum Gasteiger partial charge on any atom is 0.256 e. The third-order valence-electron chi connectivity index (χ3n) is 5.71. The van der Waals surface area contributed by atoms with Crippen molar-refractivity contribution in [1.82, 2.24) is 9.47 Å². The van der Waals surface area contributed by atoms with E-state index in [0.717, 1.165) is 48.0 Å². The van der Waals surface area contributed by atoms with E-state index in [1.54, 1.807) is 0 Å². The number of nitrogens with zero attached hydrogens (tertiary/aromatic N) is 2. The number of hydrogen-bond donors (Lipinski definition) is 1. The van der Waals surface area contributed by atoms with E-state index in [1.165, 1.54) is 12.5 Å². The van der Waals surface area contributed by atoms with Gasteiger partial charge in [-0.05, 0) is 43.0 Å². The van der Waals surface area contributed by atoms with Crippen LogP contribution < -0.4 is 5.32 Å². The first kappa shape index (κ1) is 21.1. The first-order valence-electron chi connectivity index (χ1n) is 10.9. The van der Waals surface area contributed by atoms with Gasteiger partial charge in [0.15, 0.2) is 0 Å². The van der Waals surface area contributed by atoms with Crippen LogP contribution in [-0.4, -0.2) is 47.6 Å². The summed E-state index contributed by atoms with van der Waals surface area (Å²) >= 11 is 0. The molecule has 1 aliphatic heterocycles. The van der Waals surface area contributed by atoms with Crippen LogP contribution >= 0.6 is 0 Å². The molecule has 1 saturated heterocycles. The van der Waals surface area contributed by atoms with E-state index in [0.29, 0.717) is 26.3 Å². The van der Waals surface area contributed by atoms with Crippen molar-refractivity contribution in [3.05, 3.63) is 65.9 Å². The molecule has 162 valence electrons. The van der Waals surface area contributed by atoms with Crippen LogP contribution in [0.1, 0.15) is 35.7 Å². The van der Waals surface area contributed by atoms with Gasteiger partial charge in [-0.1, -0.05) is 30.3 Å². The Balaban J connectivity index is 1.38. The molecule has 0 spiro atoms. The van der Waals surface area contributed by atoms with Gasteiger partial charge >= 0.3 is 0 Å². The lowest BCUT2D eigenvalue weighted by Crippen LogP contribution is -2.40. The average Bonchev–Trinajstić information content (AvgIpc) is 3.16. The molecule has 1 aromatic heterocycles. The van der Waals surface area contributed by atoms with Crippen LogP contribution in [0.25, 0.3) is 10.9 Å². The minimum Gasteiger partial charge on any atom is -0.378 e. The van der Waals surface area contributed by atoms with Crippen molar-refractivity contribution in [1.29, 1.82) is 0 Å². The number of para-hydroxylation sites is 1. The highest BCUT2D eigenvalue weighted by molar-refractivity contribution is 6.07. The third kappa shape index (κ3) is 5.14. The maximum atomic E-state index is 13.1. The summed E-state index contributed by atoms with van der Waals surface area (Å²) in [5, 5.41) is 3.81. The van der Waals surface area contributed by atoms with Crippen molar-refractivity contribution in [3.63, 3.8) is 0 Å². The van der Waals surface area contributed by atoms with Crippen LogP contribution in [0.5, 0.6) is 0 Å². The molecule has 31 heavy (non-hydrogen) atoms. The molecule has 2 aromatic carbocycles. The number of carbonyl (C=O) groups is 2. The van der Waals surface area contributed by atoms with E-state index in [2.05, 4.69) is 28.1 Å². The number of benzene rings is 2. The van der Waals surface area contributed by atoms with Crippen LogP contribution in [0.3, 0.4) is 0 Å². The molecule has 0 radical (unpaired) electrons. The van der Waals surface area contributed by atoms with Gasteiger partial charge in [-0.25, -0.2) is 0 Å². The molecule has 2 heterocycles. The average molecular weight is 420 g/mol. The minimum absolute atomic E-state index is 0.0572. The van der Waals surface area contributed by atoms with Crippen LogP contribution in [-0.2, 0) is 22.5 Å². The van der Waals surface area contributed by atoms with Gasteiger partial charge in [0.1, 0.15) is 0 Å². The molecule has 2 amide bonds. The highest BCUT2D eigenvalue weighted by Crippen LogP contribution is 2.24. The minimum atomic E-state index is -0.0572. The molecule has 1 N–H and O–H groups in total. The predicted molar refractivity (Wildman–Crippen MR) is 122 cm³/mol. The zero-order valence-electron chi connectivity index (χ0n) is 18.0. The Labute approximate surface area is 182 Å². The Bertz CT molecular complexity index is 1050. The number of aryl methyl sites for hydroxylation is 2. The van der Waals surface area contributed by atoms with Gasteiger partial charge in [0.25, 0.3) is 5.91 Å². The lowest BCUT2D eigenvalue weighted by atomic mass is 10.1. The molecule has 6 heteroatoms. The zero-order chi connectivity index (χ0) is 21.6. The number of carbonyl (C=O) groups excluding carboxylic acids is 2. The summed E-state index contributed by atoms with van der Waals surface area (Å²) in [6.45, 7) is 4.91. The fourth-order valence-corrected chi connectivity index (χ4v) is 4.11. The number of hydrogen-bond acceptors (Lipinski definition) is 3. The second kappa shape index (κ2) is 9.79. The molecule has 4 rings (SSSR count). The third-order valence-corrected chi connectivity index (χ3v) is 5.71. The molecule has 0 aliphatic carbocycles. The molecule has 1 fully saturated rings. The number of amides is 2. The predicted octanol–water partition coefficient (Wildman–Crippen LogP) is 4.10. The van der Waals surface area contributed by atoms with Gasteiger partial charge < -0.3 is 19.5 Å². The van der Waals surface area contributed by atoms with Crippen molar-refractivity contribution in [2.24, 2.45) is 0 Å². The first-order chi connectivity index (χ1) is 15.1. The summed E-state index contributed by atoms with van der Waals surface area (Å²) in [4.78, 5) is 26.1. The van der Waals surface area contributed by atoms with Crippen molar-refractivity contribution in [3.8, 4) is 0 Å². The van der Waals surface area contributed by atoms with E-state index >= 15 is 0 Å². The topological polar surface area (TPSA) is 63.6 Å². The first-order valence-corrected chi connectivity index (χ1v) is 10.9. The van der Waals surface area contributed by atoms with E-state index < -0.39 is 0 Å². The molecular formula is C25H29N3O3. The van der Waals surface area contributed by atoms with E-state index in [-0.39, 0.29) is 11.8 Å². The Morgan fingerprint density at radius 3 is 2.48 bits per heavy atom. The van der Waals surface area contributed by atoms with Gasteiger partial charge in [0, 0.05) is 49.3 Å². The number of ether oxygens (including phenoxy) is 1. The van der Waals surface area contributed by atoms with E-state index in [4.69, 9.17) is 4.74 Å². The Hall–Kier alpha value is -3.12. The monoisotopic (exact) mass is 419 g/mol. The van der Waals surface area contributed by atoms with Crippen LogP contribution in [0.4, 0.5) is 5.69 Å². The smallest absolute Gasteiger partial charge is 0.256 e. The van der Waals surface area contributed by atoms with Crippen molar-refractivity contribution in [2.75, 3.05) is 31.6 Å². The summed E-state index contributed by atoms with van der Waals surface area (Å²) in [6.07, 6.45) is 5.08. The van der Waals surface area contributed by atoms with Crippen molar-refractivity contribution < 1.29 is 14.3 Å². The summed E-state index contributed by atoms with van der Waals surface area (Å²) in [5.74, 6) is 0.0377. The number of unbranched alkanes of at least 4 members (excludes halogenated alkanes) is 1. The van der Waals surface area contributed by atoms with Gasteiger partial charge in [0.2, 0.25) is 5.91 Å². The van der Waals surface area contributed by atoms with Gasteiger partial charge in [-0.2, -0.15) is 0 Å². The van der Waals surface area contributed by atoms with Gasteiger partial charge in [0.05, 0.1) is 18.8 Å². The van der Waals surface area contributed by atoms with Crippen LogP contribution in [0, 0.1) is 0 Å². The highest BCUT2D eigenvalue weighted by atomic mass is 16.5. The normalized spacial score (nSPS) is 14.0. The lowest BCUT2D eigenvalue weighted by Gasteiger charge is -2.26. The molecular weight excluding hydrogens is 390 g/mol. The number of nitrogens with one attached hydrogen (secondary N) is 1. The SMILES string of the molecule is CC(=O)Nc1ccc(CCCCn2cc(C(=O)N3CCOCC3)c3ccccc32)cc1. The quantitative estimate of drug-likeness (QED) is 0.587. The molecule has 6 nitrogen and oxygen atoms in total. The fourth-order valence-electron chi connectivity index (χ4n) is 4.11. The highest BCUT2D eigenvalue weighted by Gasteiger charge is 2.22. The number of anilines is 1. The largest absolute Gasteiger partial charge is 0.378 e. The zero-order valence-corrected chi connectivity index (χ0v) is 18.0. The number of rotatable bonds is 7. The molecule has 3 aromatic rings. The second-order valence-electron chi connectivity index (χ2n) is 7.99. The molecule has 0 bridgehead atoms. The van der Waals surface area contributed by atoms with Gasteiger partial charge in [-0.15, -0.1) is 0 Å². The molecule has 0 saturated carbocycles. The van der Waals surface area contributed by atoms with Crippen molar-refractivity contribution >= 4 is 28.4 Å². The summed E-state index contributed by atoms with van der Waals surface area (Å²) in [7, 11) is 0. The second-order valence-corrected chi connectivity index (χ2v) is 7.99. The summed E-state index contributed by atoms with van der Waals surface area (Å²) in [6, 6.07) is 16.2. The van der Waals surface area contributed by atoms with Crippen LogP contribution in [0.2, 0.25) is 0 Å². The Morgan fingerprint density at radius 2 is 1.74 bits per heavy atom.